The van der Waals surface area contributed by atoms with Gasteiger partial charge in [-0.1, -0.05) is 32.9 Å². The summed E-state index contributed by atoms with van der Waals surface area (Å²) in [5.74, 6) is 1.14. The Hall–Kier alpha value is -0.690. The van der Waals surface area contributed by atoms with Crippen LogP contribution in [0.3, 0.4) is 0 Å². The predicted octanol–water partition coefficient (Wildman–Crippen LogP) is 2.44. The van der Waals surface area contributed by atoms with Crippen molar-refractivity contribution in [2.45, 2.75) is 90.4 Å². The fourth-order valence-corrected chi connectivity index (χ4v) is 8.22. The van der Waals surface area contributed by atoms with E-state index >= 15 is 0 Å². The molecule has 0 aromatic carbocycles. The Kier molecular flexibility index (Phi) is 5.13. The van der Waals surface area contributed by atoms with E-state index in [0.29, 0.717) is 37.3 Å². The quantitative estimate of drug-likeness (QED) is 0.424. The van der Waals surface area contributed by atoms with Gasteiger partial charge in [0.05, 0.1) is 17.9 Å². The molecule has 0 aromatic heterocycles. The van der Waals surface area contributed by atoms with Gasteiger partial charge in [0, 0.05) is 17.4 Å². The minimum Gasteiger partial charge on any atom is -0.394 e. The first kappa shape index (κ1) is 21.5. The van der Waals surface area contributed by atoms with Gasteiger partial charge in [-0.25, -0.2) is 0 Å². The molecule has 6 heteroatoms. The molecule has 0 aliphatic heterocycles. The van der Waals surface area contributed by atoms with Crippen LogP contribution in [-0.2, 0) is 4.84 Å². The van der Waals surface area contributed by atoms with Crippen molar-refractivity contribution in [3.8, 4) is 0 Å². The third-order valence-electron chi connectivity index (χ3n) is 9.99. The van der Waals surface area contributed by atoms with Crippen LogP contribution in [0.25, 0.3) is 0 Å². The molecule has 0 spiro atoms. The minimum atomic E-state index is -1.25. The van der Waals surface area contributed by atoms with Gasteiger partial charge in [0.15, 0.2) is 0 Å². The lowest BCUT2D eigenvalue weighted by Crippen LogP contribution is -2.74. The average molecular weight is 409 g/mol. The topological polar surface area (TPSA) is 108 Å². The molecule has 6 nitrogen and oxygen atoms in total. The number of nitrogens with two attached hydrogens (primary N) is 1. The average Bonchev–Trinajstić information content (AvgIpc) is 2.96. The Balaban J connectivity index is 1.70. The summed E-state index contributed by atoms with van der Waals surface area (Å²) >= 11 is 0. The first-order valence-electron chi connectivity index (χ1n) is 11.5. The van der Waals surface area contributed by atoms with E-state index in [4.69, 9.17) is 10.6 Å². The molecule has 4 rings (SSSR count). The van der Waals surface area contributed by atoms with Crippen molar-refractivity contribution in [2.24, 2.45) is 44.9 Å². The highest BCUT2D eigenvalue weighted by Gasteiger charge is 2.72. The molecule has 166 valence electrons. The molecule has 0 aromatic rings. The van der Waals surface area contributed by atoms with Crippen molar-refractivity contribution in [3.63, 3.8) is 0 Å². The Morgan fingerprint density at radius 3 is 2.45 bits per heavy atom. The summed E-state index contributed by atoms with van der Waals surface area (Å²) < 4.78 is 0. The second kappa shape index (κ2) is 6.91. The van der Waals surface area contributed by atoms with Gasteiger partial charge in [-0.3, -0.25) is 0 Å². The second-order valence-corrected chi connectivity index (χ2v) is 11.2. The van der Waals surface area contributed by atoms with Crippen LogP contribution < -0.4 is 5.73 Å². The predicted molar refractivity (Wildman–Crippen MR) is 112 cm³/mol. The molecule has 0 bridgehead atoms. The maximum Gasteiger partial charge on any atom is 0.129 e. The Labute approximate surface area is 174 Å². The third kappa shape index (κ3) is 2.65. The summed E-state index contributed by atoms with van der Waals surface area (Å²) in [5, 5.41) is 38.6. The normalized spacial score (nSPS) is 52.6. The molecule has 29 heavy (non-hydrogen) atoms. The van der Waals surface area contributed by atoms with Crippen molar-refractivity contribution in [1.29, 1.82) is 0 Å². The molecule has 4 saturated carbocycles. The second-order valence-electron chi connectivity index (χ2n) is 11.2. The highest BCUT2D eigenvalue weighted by atomic mass is 16.6. The maximum atomic E-state index is 12.2. The van der Waals surface area contributed by atoms with Gasteiger partial charge in [-0.05, 0) is 68.1 Å². The van der Waals surface area contributed by atoms with Crippen LogP contribution in [0.2, 0.25) is 0 Å². The number of nitrogens with zero attached hydrogens (tertiary/aromatic N) is 1. The van der Waals surface area contributed by atoms with E-state index in [2.05, 4.69) is 19.0 Å². The molecule has 5 N–H and O–H groups in total. The molecule has 0 radical (unpaired) electrons. The monoisotopic (exact) mass is 408 g/mol. The van der Waals surface area contributed by atoms with E-state index in [0.717, 1.165) is 44.2 Å². The van der Waals surface area contributed by atoms with Crippen LogP contribution in [0.4, 0.5) is 0 Å². The van der Waals surface area contributed by atoms with E-state index in [1.54, 1.807) is 0 Å². The van der Waals surface area contributed by atoms with Crippen LogP contribution in [0.1, 0.15) is 72.6 Å². The maximum absolute atomic E-state index is 12.2. The van der Waals surface area contributed by atoms with Crippen molar-refractivity contribution in [1.82, 2.24) is 0 Å². The highest BCUT2D eigenvalue weighted by Crippen LogP contribution is 2.69. The van der Waals surface area contributed by atoms with Crippen LogP contribution >= 0.6 is 0 Å². The van der Waals surface area contributed by atoms with E-state index in [1.807, 2.05) is 13.8 Å². The largest absolute Gasteiger partial charge is 0.394 e. The number of aliphatic hydroxyl groups excluding tert-OH is 2. The number of hydrogen-bond donors (Lipinski definition) is 4. The number of hydrogen-bond acceptors (Lipinski definition) is 6. The van der Waals surface area contributed by atoms with Gasteiger partial charge in [0.1, 0.15) is 12.2 Å². The SMILES string of the molecule is CC1(C)/C(=N/OCCN)CC[C@]2(C)[C@H]3CC[C@]4(C)[C@@H](O)CC[C@H]4[C@@H]3C[C@H](O)[C@@]12O. The summed E-state index contributed by atoms with van der Waals surface area (Å²) in [4.78, 5) is 5.38. The molecule has 0 heterocycles. The van der Waals surface area contributed by atoms with Crippen molar-refractivity contribution < 1.29 is 20.2 Å². The first-order chi connectivity index (χ1) is 13.5. The Morgan fingerprint density at radius 2 is 1.76 bits per heavy atom. The van der Waals surface area contributed by atoms with Gasteiger partial charge in [-0.2, -0.15) is 0 Å². The van der Waals surface area contributed by atoms with Crippen LogP contribution in [0.5, 0.6) is 0 Å². The fourth-order valence-electron chi connectivity index (χ4n) is 8.22. The van der Waals surface area contributed by atoms with Crippen molar-refractivity contribution >= 4 is 5.71 Å². The summed E-state index contributed by atoms with van der Waals surface area (Å²) in [6.45, 7) is 9.20. The number of aliphatic hydroxyl groups is 3. The van der Waals surface area contributed by atoms with Gasteiger partial charge in [0.25, 0.3) is 0 Å². The highest BCUT2D eigenvalue weighted by molar-refractivity contribution is 5.91. The zero-order chi connectivity index (χ0) is 21.2. The van der Waals surface area contributed by atoms with E-state index < -0.39 is 17.1 Å². The van der Waals surface area contributed by atoms with Crippen LogP contribution in [-0.4, -0.2) is 52.0 Å². The first-order valence-corrected chi connectivity index (χ1v) is 11.5. The molecule has 0 amide bonds. The number of fused-ring (bicyclic) bond motifs is 5. The number of oxime groups is 1. The zero-order valence-electron chi connectivity index (χ0n) is 18.5. The summed E-state index contributed by atoms with van der Waals surface area (Å²) in [6.07, 6.45) is 5.01. The van der Waals surface area contributed by atoms with Gasteiger partial charge in [-0.15, -0.1) is 0 Å². The molecular weight excluding hydrogens is 368 g/mol. The summed E-state index contributed by atoms with van der Waals surface area (Å²) in [6, 6.07) is 0. The molecule has 4 aliphatic carbocycles. The van der Waals surface area contributed by atoms with E-state index in [-0.39, 0.29) is 16.9 Å². The lowest BCUT2D eigenvalue weighted by Gasteiger charge is -2.68. The van der Waals surface area contributed by atoms with Gasteiger partial charge in [0.2, 0.25) is 0 Å². The summed E-state index contributed by atoms with van der Waals surface area (Å²) in [7, 11) is 0. The van der Waals surface area contributed by atoms with Crippen molar-refractivity contribution in [3.05, 3.63) is 0 Å². The Morgan fingerprint density at radius 1 is 1.03 bits per heavy atom. The molecular formula is C23H40N2O4. The molecule has 4 aliphatic rings. The number of rotatable bonds is 3. The van der Waals surface area contributed by atoms with E-state index in [1.165, 1.54) is 0 Å². The summed E-state index contributed by atoms with van der Waals surface area (Å²) in [5.41, 5.74) is 3.97. The minimum absolute atomic E-state index is 0.0421. The zero-order valence-corrected chi connectivity index (χ0v) is 18.5. The molecule has 0 saturated heterocycles. The fraction of sp³-hybridized carbons (Fsp3) is 0.957. The smallest absolute Gasteiger partial charge is 0.129 e. The molecule has 8 atom stereocenters. The van der Waals surface area contributed by atoms with Crippen LogP contribution in [0.15, 0.2) is 5.16 Å². The molecule has 0 unspecified atom stereocenters. The van der Waals surface area contributed by atoms with Gasteiger partial charge < -0.3 is 25.9 Å². The third-order valence-corrected chi connectivity index (χ3v) is 9.99. The Bertz CT molecular complexity index is 682. The standard InChI is InChI=1S/C23H40N2O4/c1-20(2)17(25-29-12-11-24)8-10-22(4)16-7-9-21(3)15(5-6-18(21)26)14(16)13-19(27)23(20,22)28/h14-16,18-19,26-28H,5-13,24H2,1-4H3/b25-17+/t14-,15-,16-,18-,19-,21-,22+,23+/m0/s1. The molecule has 4 fully saturated rings. The lowest BCUT2D eigenvalue weighted by molar-refractivity contribution is -0.276. The van der Waals surface area contributed by atoms with Gasteiger partial charge >= 0.3 is 0 Å². The van der Waals surface area contributed by atoms with Crippen LogP contribution in [0, 0.1) is 34.0 Å². The van der Waals surface area contributed by atoms with E-state index in [9.17, 15) is 15.3 Å². The lowest BCUT2D eigenvalue weighted by atomic mass is 9.38. The van der Waals surface area contributed by atoms with Crippen molar-refractivity contribution in [2.75, 3.05) is 13.2 Å².